The Bertz CT molecular complexity index is 339. The second kappa shape index (κ2) is 2.63. The van der Waals surface area contributed by atoms with Crippen LogP contribution < -0.4 is 0 Å². The summed E-state index contributed by atoms with van der Waals surface area (Å²) in [5.74, 6) is 1.81. The second-order valence-electron chi connectivity index (χ2n) is 5.94. The van der Waals surface area contributed by atoms with Gasteiger partial charge in [0.15, 0.2) is 0 Å². The molecule has 1 aliphatic heterocycles. The average molecular weight is 220 g/mol. The molecule has 0 aromatic heterocycles. The maximum Gasteiger partial charge on any atom is 0.376 e. The molecule has 86 valence electrons. The highest BCUT2D eigenvalue weighted by molar-refractivity contribution is 5.87. The van der Waals surface area contributed by atoms with Crippen LogP contribution in [0.15, 0.2) is 12.3 Å². The molecule has 4 bridgehead atoms. The van der Waals surface area contributed by atoms with Gasteiger partial charge in [0.05, 0.1) is 0 Å². The summed E-state index contributed by atoms with van der Waals surface area (Å²) < 4.78 is 11.3. The summed E-state index contributed by atoms with van der Waals surface area (Å²) in [5.41, 5.74) is 0. The highest BCUT2D eigenvalue weighted by Crippen LogP contribution is 2.61. The Hall–Kier alpha value is -0.990. The number of hydrogen-bond acceptors (Lipinski definition) is 3. The van der Waals surface area contributed by atoms with E-state index in [1.165, 1.54) is 32.1 Å². The normalized spacial score (nSPS) is 53.2. The molecule has 5 aliphatic rings. The summed E-state index contributed by atoms with van der Waals surface area (Å²) >= 11 is 0. The Morgan fingerprint density at radius 2 is 1.56 bits per heavy atom. The van der Waals surface area contributed by atoms with E-state index < -0.39 is 5.79 Å². The van der Waals surface area contributed by atoms with Crippen molar-refractivity contribution in [2.45, 2.75) is 37.9 Å². The number of carbonyl (C=O) groups excluding carboxylic acids is 1. The number of hydrogen-bond donors (Lipinski definition) is 0. The van der Waals surface area contributed by atoms with Crippen molar-refractivity contribution in [1.82, 2.24) is 0 Å². The number of rotatable bonds is 0. The summed E-state index contributed by atoms with van der Waals surface area (Å²) in [6, 6.07) is 0. The molecule has 0 aromatic carbocycles. The number of esters is 1. The Morgan fingerprint density at radius 1 is 1.00 bits per heavy atom. The molecule has 1 heterocycles. The van der Waals surface area contributed by atoms with Crippen molar-refractivity contribution in [1.29, 1.82) is 0 Å². The minimum atomic E-state index is -0.610. The quantitative estimate of drug-likeness (QED) is 0.464. The maximum atomic E-state index is 11.5. The molecule has 16 heavy (non-hydrogen) atoms. The van der Waals surface area contributed by atoms with Crippen LogP contribution in [-0.4, -0.2) is 11.8 Å². The van der Waals surface area contributed by atoms with Crippen molar-refractivity contribution in [2.75, 3.05) is 0 Å². The molecule has 0 atom stereocenters. The fraction of sp³-hybridized carbons (Fsp3) is 0.769. The molecule has 0 amide bonds. The van der Waals surface area contributed by atoms with E-state index in [9.17, 15) is 4.79 Å². The molecule has 5 fully saturated rings. The van der Waals surface area contributed by atoms with Gasteiger partial charge in [0, 0.05) is 11.8 Å². The molecular formula is C13H16O3. The molecule has 1 saturated heterocycles. The first-order chi connectivity index (χ1) is 7.67. The fourth-order valence-electron chi connectivity index (χ4n) is 4.63. The van der Waals surface area contributed by atoms with Gasteiger partial charge in [-0.1, -0.05) is 0 Å². The zero-order valence-corrected chi connectivity index (χ0v) is 9.28. The average Bonchev–Trinajstić information content (AvgIpc) is 2.52. The van der Waals surface area contributed by atoms with E-state index in [1.807, 2.05) is 0 Å². The molecule has 0 aromatic rings. The van der Waals surface area contributed by atoms with Crippen LogP contribution in [0.3, 0.4) is 0 Å². The first-order valence-electron chi connectivity index (χ1n) is 6.28. The third-order valence-corrected chi connectivity index (χ3v) is 5.04. The van der Waals surface area contributed by atoms with Crippen LogP contribution in [0.1, 0.15) is 32.1 Å². The first kappa shape index (κ1) is 9.08. The van der Waals surface area contributed by atoms with Crippen LogP contribution >= 0.6 is 0 Å². The highest BCUT2D eigenvalue weighted by atomic mass is 16.8. The Labute approximate surface area is 94.8 Å². The lowest BCUT2D eigenvalue weighted by Crippen LogP contribution is -2.58. The maximum absolute atomic E-state index is 11.5. The molecule has 0 radical (unpaired) electrons. The van der Waals surface area contributed by atoms with Gasteiger partial charge in [-0.05, 0) is 50.5 Å². The second-order valence-corrected chi connectivity index (χ2v) is 5.94. The van der Waals surface area contributed by atoms with E-state index in [1.54, 1.807) is 0 Å². The molecule has 3 heteroatoms. The Kier molecular flexibility index (Phi) is 1.49. The summed E-state index contributed by atoms with van der Waals surface area (Å²) in [4.78, 5) is 11.5. The van der Waals surface area contributed by atoms with Gasteiger partial charge in [0.2, 0.25) is 5.76 Å². The van der Waals surface area contributed by atoms with E-state index in [4.69, 9.17) is 9.47 Å². The van der Waals surface area contributed by atoms with E-state index >= 15 is 0 Å². The number of ether oxygens (including phenoxy) is 2. The molecule has 1 spiro atoms. The monoisotopic (exact) mass is 220 g/mol. The van der Waals surface area contributed by atoms with Crippen LogP contribution in [0.2, 0.25) is 0 Å². The summed E-state index contributed by atoms with van der Waals surface area (Å²) in [5, 5.41) is 0. The van der Waals surface area contributed by atoms with Gasteiger partial charge in [0.1, 0.15) is 0 Å². The van der Waals surface area contributed by atoms with Crippen molar-refractivity contribution < 1.29 is 14.3 Å². The van der Waals surface area contributed by atoms with Crippen molar-refractivity contribution in [2.24, 2.45) is 23.7 Å². The van der Waals surface area contributed by atoms with Crippen LogP contribution in [0, 0.1) is 23.7 Å². The van der Waals surface area contributed by atoms with Gasteiger partial charge in [0.25, 0.3) is 5.79 Å². The Morgan fingerprint density at radius 3 is 2.00 bits per heavy atom. The van der Waals surface area contributed by atoms with Gasteiger partial charge in [-0.2, -0.15) is 0 Å². The first-order valence-corrected chi connectivity index (χ1v) is 6.28. The van der Waals surface area contributed by atoms with Crippen molar-refractivity contribution in [3.8, 4) is 0 Å². The minimum absolute atomic E-state index is 0.215. The minimum Gasteiger partial charge on any atom is -0.445 e. The van der Waals surface area contributed by atoms with Crippen molar-refractivity contribution >= 4 is 5.97 Å². The van der Waals surface area contributed by atoms with Crippen LogP contribution in [0.25, 0.3) is 0 Å². The predicted octanol–water partition coefficient (Wildman–Crippen LogP) is 2.23. The van der Waals surface area contributed by atoms with Gasteiger partial charge < -0.3 is 9.47 Å². The molecule has 5 rings (SSSR count). The topological polar surface area (TPSA) is 35.5 Å². The SMILES string of the molecule is C=C1OC2(OC1=O)C1CC3CC(C1)CC2C3. The lowest BCUT2D eigenvalue weighted by molar-refractivity contribution is -0.277. The molecule has 4 aliphatic carbocycles. The predicted molar refractivity (Wildman–Crippen MR) is 56.1 cm³/mol. The summed E-state index contributed by atoms with van der Waals surface area (Å²) in [6.45, 7) is 3.65. The number of carbonyl (C=O) groups is 1. The smallest absolute Gasteiger partial charge is 0.376 e. The molecule has 0 N–H and O–H groups in total. The zero-order chi connectivity index (χ0) is 10.9. The van der Waals surface area contributed by atoms with Gasteiger partial charge in [-0.3, -0.25) is 0 Å². The van der Waals surface area contributed by atoms with E-state index in [0.29, 0.717) is 11.8 Å². The summed E-state index contributed by atoms with van der Waals surface area (Å²) in [7, 11) is 0. The standard InChI is InChI=1S/C13H16O3/c1-7-12(14)16-13(15-7)10-3-8-2-9(5-10)6-11(13)4-8/h8-11H,1-6H2. The van der Waals surface area contributed by atoms with E-state index in [0.717, 1.165) is 11.8 Å². The fourth-order valence-corrected chi connectivity index (χ4v) is 4.63. The van der Waals surface area contributed by atoms with Crippen LogP contribution in [-0.2, 0) is 14.3 Å². The van der Waals surface area contributed by atoms with Crippen LogP contribution in [0.5, 0.6) is 0 Å². The van der Waals surface area contributed by atoms with Gasteiger partial charge >= 0.3 is 5.97 Å². The molecular weight excluding hydrogens is 204 g/mol. The van der Waals surface area contributed by atoms with Crippen molar-refractivity contribution in [3.05, 3.63) is 12.3 Å². The highest BCUT2D eigenvalue weighted by Gasteiger charge is 2.64. The molecule has 4 saturated carbocycles. The van der Waals surface area contributed by atoms with E-state index in [-0.39, 0.29) is 11.7 Å². The largest absolute Gasteiger partial charge is 0.445 e. The summed E-state index contributed by atoms with van der Waals surface area (Å²) in [6.07, 6.45) is 6.08. The van der Waals surface area contributed by atoms with E-state index in [2.05, 4.69) is 6.58 Å². The molecule has 0 unspecified atom stereocenters. The zero-order valence-electron chi connectivity index (χ0n) is 9.28. The van der Waals surface area contributed by atoms with Gasteiger partial charge in [-0.15, -0.1) is 0 Å². The third-order valence-electron chi connectivity index (χ3n) is 5.04. The Balaban J connectivity index is 1.74. The lowest BCUT2D eigenvalue weighted by atomic mass is 9.53. The van der Waals surface area contributed by atoms with Crippen LogP contribution in [0.4, 0.5) is 0 Å². The van der Waals surface area contributed by atoms with Crippen molar-refractivity contribution in [3.63, 3.8) is 0 Å². The van der Waals surface area contributed by atoms with Gasteiger partial charge in [-0.25, -0.2) is 4.79 Å². The lowest BCUT2D eigenvalue weighted by Gasteiger charge is -2.56. The molecule has 3 nitrogen and oxygen atoms in total. The third kappa shape index (κ3) is 0.926.